The smallest absolute Gasteiger partial charge is 0.200 e. The molecule has 0 bridgehead atoms. The Labute approximate surface area is 201 Å². The molecule has 5 rings (SSSR count). The quantitative estimate of drug-likeness (QED) is 0.239. The maximum atomic E-state index is 12.8. The van der Waals surface area contributed by atoms with E-state index in [2.05, 4.69) is 0 Å². The summed E-state index contributed by atoms with van der Waals surface area (Å²) in [5.74, 6) is 0.885. The van der Waals surface area contributed by atoms with E-state index in [-0.39, 0.29) is 27.0 Å². The van der Waals surface area contributed by atoms with Crippen molar-refractivity contribution >= 4 is 40.0 Å². The highest BCUT2D eigenvalue weighted by atomic mass is 35.5. The zero-order valence-electron chi connectivity index (χ0n) is 17.9. The molecule has 4 nitrogen and oxygen atoms in total. The Morgan fingerprint density at radius 3 is 2.42 bits per heavy atom. The van der Waals surface area contributed by atoms with E-state index in [0.717, 1.165) is 24.0 Å². The summed E-state index contributed by atoms with van der Waals surface area (Å²) in [6.45, 7) is 0. The summed E-state index contributed by atoms with van der Waals surface area (Å²) in [7, 11) is 0. The zero-order chi connectivity index (χ0) is 23.1. The molecule has 0 radical (unpaired) electrons. The van der Waals surface area contributed by atoms with Crippen molar-refractivity contribution in [2.75, 3.05) is 0 Å². The molecule has 1 heterocycles. The van der Waals surface area contributed by atoms with Gasteiger partial charge in [-0.25, -0.2) is 0 Å². The number of carbonyl (C=O) groups excluding carboxylic acids is 1. The third-order valence-corrected chi connectivity index (χ3v) is 7.13. The number of phenolic OH excluding ortho intramolecular Hbond substituents is 1. The van der Waals surface area contributed by atoms with Gasteiger partial charge in [0.2, 0.25) is 5.43 Å². The van der Waals surface area contributed by atoms with Crippen LogP contribution in [-0.2, 0) is 0 Å². The van der Waals surface area contributed by atoms with Gasteiger partial charge in [-0.05, 0) is 23.6 Å². The summed E-state index contributed by atoms with van der Waals surface area (Å²) < 4.78 is 5.90. The number of carbonyl (C=O) groups is 1. The Morgan fingerprint density at radius 1 is 0.970 bits per heavy atom. The average Bonchev–Trinajstić information content (AvgIpc) is 2.81. The van der Waals surface area contributed by atoms with Crippen LogP contribution in [0.15, 0.2) is 57.7 Å². The van der Waals surface area contributed by atoms with E-state index < -0.39 is 0 Å². The lowest BCUT2D eigenvalue weighted by Crippen LogP contribution is -2.12. The molecule has 168 valence electrons. The van der Waals surface area contributed by atoms with Gasteiger partial charge in [-0.15, -0.1) is 0 Å². The molecule has 2 aromatic carbocycles. The van der Waals surface area contributed by atoms with Crippen LogP contribution in [0.4, 0.5) is 0 Å². The predicted molar refractivity (Wildman–Crippen MR) is 132 cm³/mol. The van der Waals surface area contributed by atoms with Gasteiger partial charge in [0.05, 0.1) is 10.0 Å². The Hall–Kier alpha value is -2.82. The topological polar surface area (TPSA) is 67.5 Å². The Kier molecular flexibility index (Phi) is 5.90. The second-order valence-electron chi connectivity index (χ2n) is 8.76. The summed E-state index contributed by atoms with van der Waals surface area (Å²) in [5.41, 5.74) is 2.97. The number of phenols is 1. The Balaban J connectivity index is 1.60. The molecule has 1 N–H and O–H groups in total. The van der Waals surface area contributed by atoms with Crippen LogP contribution in [0.25, 0.3) is 33.4 Å². The summed E-state index contributed by atoms with van der Waals surface area (Å²) in [5, 5.41) is 11.0. The van der Waals surface area contributed by atoms with Crippen LogP contribution in [0.1, 0.15) is 48.9 Å². The van der Waals surface area contributed by atoms with Crippen LogP contribution in [0, 0.1) is 5.92 Å². The second-order valence-corrected chi connectivity index (χ2v) is 9.58. The van der Waals surface area contributed by atoms with Gasteiger partial charge in [-0.2, -0.15) is 0 Å². The standard InChI is InChI=1S/C27H22Cl2O4/c28-20-11-18-25(13-23(20)31)33-26-14-24(32)21(29)12-19(26)27(18)17-8-6-16(7-9-17)22(30)10-15-4-2-1-3-5-15/h6-9,11-15,31H,1-5,10H2. The van der Waals surface area contributed by atoms with Gasteiger partial charge in [0, 0.05) is 40.6 Å². The Morgan fingerprint density at radius 2 is 1.70 bits per heavy atom. The third kappa shape index (κ3) is 4.25. The van der Waals surface area contributed by atoms with Crippen molar-refractivity contribution < 1.29 is 14.3 Å². The van der Waals surface area contributed by atoms with Crippen LogP contribution in [0.2, 0.25) is 10.0 Å². The molecular weight excluding hydrogens is 459 g/mol. The number of aromatic hydroxyl groups is 1. The first kappa shape index (κ1) is 22.0. The lowest BCUT2D eigenvalue weighted by Gasteiger charge is -2.20. The molecule has 6 heteroatoms. The highest BCUT2D eigenvalue weighted by Crippen LogP contribution is 2.43. The first-order valence-electron chi connectivity index (χ1n) is 11.1. The molecule has 33 heavy (non-hydrogen) atoms. The minimum atomic E-state index is -0.347. The molecule has 0 atom stereocenters. The molecule has 1 fully saturated rings. The first-order valence-corrected chi connectivity index (χ1v) is 11.9. The van der Waals surface area contributed by atoms with Gasteiger partial charge < -0.3 is 9.52 Å². The fourth-order valence-corrected chi connectivity index (χ4v) is 5.13. The Bertz CT molecular complexity index is 1380. The highest BCUT2D eigenvalue weighted by molar-refractivity contribution is 6.33. The van der Waals surface area contributed by atoms with E-state index in [0.29, 0.717) is 40.2 Å². The van der Waals surface area contributed by atoms with Crippen LogP contribution in [0.5, 0.6) is 5.75 Å². The maximum absolute atomic E-state index is 12.8. The number of hydrogen-bond donors (Lipinski definition) is 1. The van der Waals surface area contributed by atoms with Gasteiger partial charge in [-0.3, -0.25) is 9.59 Å². The lowest BCUT2D eigenvalue weighted by molar-refractivity contribution is 0.0950. The van der Waals surface area contributed by atoms with Crippen molar-refractivity contribution in [3.8, 4) is 28.2 Å². The molecule has 2 aromatic rings. The van der Waals surface area contributed by atoms with Crippen molar-refractivity contribution in [3.05, 3.63) is 74.4 Å². The molecule has 2 aliphatic carbocycles. The normalized spacial score (nSPS) is 14.7. The molecule has 0 saturated heterocycles. The van der Waals surface area contributed by atoms with E-state index in [9.17, 15) is 14.7 Å². The van der Waals surface area contributed by atoms with Crippen molar-refractivity contribution in [1.82, 2.24) is 0 Å². The molecule has 3 aliphatic rings. The SMILES string of the molecule is O=C(CC1CCCCC1)c1ccc(-c2c3cc(Cl)c(=O)cc-3oc3cc(O)c(Cl)cc23)cc1. The summed E-state index contributed by atoms with van der Waals surface area (Å²) >= 11 is 12.4. The van der Waals surface area contributed by atoms with Crippen molar-refractivity contribution in [2.24, 2.45) is 5.92 Å². The first-order chi connectivity index (χ1) is 15.9. The van der Waals surface area contributed by atoms with Crippen LogP contribution < -0.4 is 5.43 Å². The monoisotopic (exact) mass is 480 g/mol. The van der Waals surface area contributed by atoms with Gasteiger partial charge in [0.1, 0.15) is 17.1 Å². The van der Waals surface area contributed by atoms with E-state index in [1.807, 2.05) is 24.3 Å². The lowest BCUT2D eigenvalue weighted by atomic mass is 9.84. The molecular formula is C27H22Cl2O4. The molecule has 1 aliphatic heterocycles. The number of hydrogen-bond acceptors (Lipinski definition) is 4. The summed E-state index contributed by atoms with van der Waals surface area (Å²) in [4.78, 5) is 25.0. The number of ketones is 1. The van der Waals surface area contributed by atoms with Gasteiger partial charge >= 0.3 is 0 Å². The van der Waals surface area contributed by atoms with E-state index in [1.54, 1.807) is 12.1 Å². The van der Waals surface area contributed by atoms with Crippen LogP contribution >= 0.6 is 23.2 Å². The number of benzene rings is 3. The van der Waals surface area contributed by atoms with E-state index in [1.165, 1.54) is 31.4 Å². The van der Waals surface area contributed by atoms with Gasteiger partial charge in [0.25, 0.3) is 0 Å². The second kappa shape index (κ2) is 8.85. The van der Waals surface area contributed by atoms with Crippen molar-refractivity contribution in [3.63, 3.8) is 0 Å². The van der Waals surface area contributed by atoms with Crippen LogP contribution in [0.3, 0.4) is 0 Å². The number of fused-ring (bicyclic) bond motifs is 2. The number of Topliss-reactive ketones (excluding diaryl/α,β-unsaturated/α-hetero) is 1. The third-order valence-electron chi connectivity index (χ3n) is 6.54. The zero-order valence-corrected chi connectivity index (χ0v) is 19.4. The van der Waals surface area contributed by atoms with E-state index in [4.69, 9.17) is 27.6 Å². The van der Waals surface area contributed by atoms with E-state index >= 15 is 0 Å². The number of rotatable bonds is 4. The molecule has 0 amide bonds. The average molecular weight is 481 g/mol. The van der Waals surface area contributed by atoms with Gasteiger partial charge in [-0.1, -0.05) is 79.6 Å². The molecule has 1 saturated carbocycles. The fourth-order valence-electron chi connectivity index (χ4n) is 4.81. The van der Waals surface area contributed by atoms with Gasteiger partial charge in [0.15, 0.2) is 5.78 Å². The minimum absolute atomic E-state index is 0.0856. The molecule has 0 aromatic heterocycles. The van der Waals surface area contributed by atoms with Crippen LogP contribution in [-0.4, -0.2) is 10.9 Å². The van der Waals surface area contributed by atoms with Crippen molar-refractivity contribution in [2.45, 2.75) is 38.5 Å². The summed E-state index contributed by atoms with van der Waals surface area (Å²) in [6, 6.07) is 13.5. The highest BCUT2D eigenvalue weighted by Gasteiger charge is 2.21. The molecule has 0 spiro atoms. The molecule has 0 unspecified atom stereocenters. The maximum Gasteiger partial charge on any atom is 0.200 e. The van der Waals surface area contributed by atoms with Crippen molar-refractivity contribution in [1.29, 1.82) is 0 Å². The summed E-state index contributed by atoms with van der Waals surface area (Å²) in [6.07, 6.45) is 6.54. The largest absolute Gasteiger partial charge is 0.506 e. The minimum Gasteiger partial charge on any atom is -0.506 e. The fraction of sp³-hybridized carbons (Fsp3) is 0.259. The number of halogens is 2. The predicted octanol–water partition coefficient (Wildman–Crippen LogP) is 7.73.